The number of likely N-dealkylation sites (tertiary alicyclic amines) is 1. The van der Waals surface area contributed by atoms with Gasteiger partial charge >= 0.3 is 0 Å². The topological polar surface area (TPSA) is 95.2 Å². The Hall–Kier alpha value is -2.84. The third-order valence-corrected chi connectivity index (χ3v) is 5.69. The van der Waals surface area contributed by atoms with Crippen molar-refractivity contribution in [3.63, 3.8) is 0 Å². The first kappa shape index (κ1) is 21.4. The number of carbonyl (C=O) groups is 1. The highest BCUT2D eigenvalue weighted by atomic mass is 35.5. The van der Waals surface area contributed by atoms with E-state index in [0.29, 0.717) is 28.3 Å². The highest BCUT2D eigenvalue weighted by Crippen LogP contribution is 2.32. The van der Waals surface area contributed by atoms with Gasteiger partial charge in [-0.25, -0.2) is 9.97 Å². The minimum atomic E-state index is -0.176. The number of nitrogens with zero attached hydrogens (tertiary/aromatic N) is 3. The summed E-state index contributed by atoms with van der Waals surface area (Å²) in [6, 6.07) is 7.75. The molecule has 3 aromatic rings. The highest BCUT2D eigenvalue weighted by molar-refractivity contribution is 6.34. The van der Waals surface area contributed by atoms with E-state index in [4.69, 9.17) is 21.3 Å². The predicted octanol–water partition coefficient (Wildman–Crippen LogP) is 3.30. The van der Waals surface area contributed by atoms with Crippen molar-refractivity contribution in [1.29, 1.82) is 0 Å². The van der Waals surface area contributed by atoms with Gasteiger partial charge in [0, 0.05) is 31.7 Å². The number of fused-ring (bicyclic) bond motifs is 1. The average Bonchev–Trinajstić information content (AvgIpc) is 3.41. The van der Waals surface area contributed by atoms with E-state index in [1.54, 1.807) is 13.2 Å². The molecular weight excluding hydrogens is 416 g/mol. The number of aromatic nitrogens is 3. The number of halogens is 1. The quantitative estimate of drug-likeness (QED) is 0.495. The number of pyridine rings is 1. The second-order valence-electron chi connectivity index (χ2n) is 7.68. The molecule has 1 aliphatic rings. The van der Waals surface area contributed by atoms with E-state index < -0.39 is 0 Å². The van der Waals surface area contributed by atoms with Gasteiger partial charge < -0.3 is 25.3 Å². The van der Waals surface area contributed by atoms with Gasteiger partial charge in [-0.3, -0.25) is 4.79 Å². The number of likely N-dealkylation sites (N-methyl/N-ethyl adjacent to an activating group) is 1. The van der Waals surface area contributed by atoms with E-state index in [-0.39, 0.29) is 12.5 Å². The van der Waals surface area contributed by atoms with E-state index in [1.807, 2.05) is 24.3 Å². The number of rotatable bonds is 8. The Kier molecular flexibility index (Phi) is 6.58. The normalized spacial score (nSPS) is 16.5. The molecule has 1 atom stereocenters. The van der Waals surface area contributed by atoms with Crippen molar-refractivity contribution in [2.45, 2.75) is 25.8 Å². The summed E-state index contributed by atoms with van der Waals surface area (Å²) < 4.78 is 5.46. The zero-order valence-corrected chi connectivity index (χ0v) is 18.5. The molecular formula is C22H27ClN6O2. The number of hydrogen-bond donors (Lipinski definition) is 3. The van der Waals surface area contributed by atoms with Gasteiger partial charge in [-0.05, 0) is 43.7 Å². The summed E-state index contributed by atoms with van der Waals surface area (Å²) in [7, 11) is 1.58. The number of benzene rings is 1. The average molecular weight is 443 g/mol. The van der Waals surface area contributed by atoms with Crippen LogP contribution >= 0.6 is 11.6 Å². The smallest absolute Gasteiger partial charge is 0.257 e. The van der Waals surface area contributed by atoms with Crippen molar-refractivity contribution in [3.05, 3.63) is 35.5 Å². The molecule has 3 N–H and O–H groups in total. The van der Waals surface area contributed by atoms with Crippen molar-refractivity contribution in [2.24, 2.45) is 0 Å². The number of H-pyrrole nitrogens is 1. The Morgan fingerprint density at radius 3 is 2.90 bits per heavy atom. The molecule has 8 nitrogen and oxygen atoms in total. The summed E-state index contributed by atoms with van der Waals surface area (Å²) in [5.41, 5.74) is 3.13. The van der Waals surface area contributed by atoms with Crippen LogP contribution in [0.25, 0.3) is 22.6 Å². The van der Waals surface area contributed by atoms with Gasteiger partial charge in [0.2, 0.25) is 0 Å². The Labute approximate surface area is 186 Å². The maximum absolute atomic E-state index is 11.3. The molecule has 164 valence electrons. The molecule has 9 heteroatoms. The van der Waals surface area contributed by atoms with Gasteiger partial charge in [-0.1, -0.05) is 18.5 Å². The number of ether oxygens (including phenoxy) is 1. The number of carbonyl (C=O) groups excluding carboxylic acids is 1. The van der Waals surface area contributed by atoms with Crippen molar-refractivity contribution >= 4 is 34.4 Å². The van der Waals surface area contributed by atoms with Crippen LogP contribution in [0.1, 0.15) is 19.8 Å². The molecule has 0 spiro atoms. The zero-order valence-electron chi connectivity index (χ0n) is 17.7. The molecule has 1 unspecified atom stereocenters. The summed E-state index contributed by atoms with van der Waals surface area (Å²) in [5.74, 6) is 1.14. The second kappa shape index (κ2) is 9.53. The molecule has 1 fully saturated rings. The second-order valence-corrected chi connectivity index (χ2v) is 8.09. The molecule has 0 bridgehead atoms. The van der Waals surface area contributed by atoms with E-state index in [1.165, 1.54) is 0 Å². The van der Waals surface area contributed by atoms with E-state index in [9.17, 15) is 4.79 Å². The van der Waals surface area contributed by atoms with Gasteiger partial charge in [0.05, 0.1) is 16.9 Å². The molecule has 1 aliphatic heterocycles. The number of hydrogen-bond acceptors (Lipinski definition) is 6. The number of anilines is 1. The van der Waals surface area contributed by atoms with Gasteiger partial charge in [0.25, 0.3) is 5.91 Å². The molecule has 4 rings (SSSR count). The third-order valence-electron chi connectivity index (χ3n) is 5.40. The Morgan fingerprint density at radius 1 is 1.35 bits per heavy atom. The molecule has 0 saturated carbocycles. The Morgan fingerprint density at radius 2 is 2.16 bits per heavy atom. The molecule has 0 radical (unpaired) electrons. The van der Waals surface area contributed by atoms with Crippen LogP contribution in [0.5, 0.6) is 5.75 Å². The third kappa shape index (κ3) is 4.91. The van der Waals surface area contributed by atoms with Crippen molar-refractivity contribution in [3.8, 4) is 17.1 Å². The molecule has 1 aromatic carbocycles. The minimum absolute atomic E-state index is 0.0191. The summed E-state index contributed by atoms with van der Waals surface area (Å²) in [5, 5.41) is 6.69. The van der Waals surface area contributed by atoms with Gasteiger partial charge in [0.1, 0.15) is 17.1 Å². The fourth-order valence-corrected chi connectivity index (χ4v) is 4.00. The molecule has 1 amide bonds. The highest BCUT2D eigenvalue weighted by Gasteiger charge is 2.24. The molecule has 3 heterocycles. The van der Waals surface area contributed by atoms with Crippen molar-refractivity contribution in [2.75, 3.05) is 38.6 Å². The largest absolute Gasteiger partial charge is 0.484 e. The van der Waals surface area contributed by atoms with Crippen LogP contribution in [0, 0.1) is 0 Å². The monoisotopic (exact) mass is 442 g/mol. The summed E-state index contributed by atoms with van der Waals surface area (Å²) >= 11 is 6.49. The van der Waals surface area contributed by atoms with Crippen LogP contribution in [0.3, 0.4) is 0 Å². The van der Waals surface area contributed by atoms with E-state index >= 15 is 0 Å². The van der Waals surface area contributed by atoms with Crippen LogP contribution in [0.15, 0.2) is 30.5 Å². The fraction of sp³-hybridized carbons (Fsp3) is 0.409. The maximum atomic E-state index is 11.3. The summed E-state index contributed by atoms with van der Waals surface area (Å²) in [6.45, 7) is 5.40. The molecule has 1 saturated heterocycles. The first-order chi connectivity index (χ1) is 15.1. The first-order valence-electron chi connectivity index (χ1n) is 10.5. The van der Waals surface area contributed by atoms with Crippen LogP contribution in [-0.4, -0.2) is 65.1 Å². The lowest BCUT2D eigenvalue weighted by atomic mass is 10.2. The lowest BCUT2D eigenvalue weighted by Gasteiger charge is -2.17. The van der Waals surface area contributed by atoms with E-state index in [2.05, 4.69) is 32.4 Å². The van der Waals surface area contributed by atoms with E-state index in [0.717, 1.165) is 49.2 Å². The zero-order chi connectivity index (χ0) is 21.8. The minimum Gasteiger partial charge on any atom is -0.484 e. The maximum Gasteiger partial charge on any atom is 0.257 e. The van der Waals surface area contributed by atoms with Crippen molar-refractivity contribution < 1.29 is 9.53 Å². The van der Waals surface area contributed by atoms with Crippen LogP contribution in [-0.2, 0) is 4.79 Å². The standard InChI is InChI=1S/C22H27ClN6O2/c1-3-9-29-10-8-15(12-29)26-19-17(23)11-25-22-20(19)27-21(28-22)14-4-6-16(7-5-14)31-13-18(30)24-2/h4-7,11,15H,3,8-10,12-13H2,1-2H3,(H,24,30)(H2,25,26,27,28). The molecule has 31 heavy (non-hydrogen) atoms. The number of aromatic amines is 1. The van der Waals surface area contributed by atoms with Crippen LogP contribution in [0.2, 0.25) is 5.02 Å². The van der Waals surface area contributed by atoms with Crippen LogP contribution in [0.4, 0.5) is 5.69 Å². The summed E-state index contributed by atoms with van der Waals surface area (Å²) in [6.07, 6.45) is 3.89. The fourth-order valence-electron chi connectivity index (χ4n) is 3.81. The molecule has 2 aromatic heterocycles. The first-order valence-corrected chi connectivity index (χ1v) is 10.9. The predicted molar refractivity (Wildman–Crippen MR) is 123 cm³/mol. The number of amides is 1. The Bertz CT molecular complexity index is 1050. The number of imidazole rings is 1. The Balaban J connectivity index is 1.53. The van der Waals surface area contributed by atoms with Crippen LogP contribution < -0.4 is 15.4 Å². The van der Waals surface area contributed by atoms with Gasteiger partial charge in [0.15, 0.2) is 12.3 Å². The lowest BCUT2D eigenvalue weighted by molar-refractivity contribution is -0.122. The summed E-state index contributed by atoms with van der Waals surface area (Å²) in [4.78, 5) is 26.3. The number of nitrogens with one attached hydrogen (secondary N) is 3. The van der Waals surface area contributed by atoms with Gasteiger partial charge in [-0.2, -0.15) is 0 Å². The lowest BCUT2D eigenvalue weighted by Crippen LogP contribution is -2.27. The van der Waals surface area contributed by atoms with Crippen molar-refractivity contribution in [1.82, 2.24) is 25.2 Å². The molecule has 0 aliphatic carbocycles. The SMILES string of the molecule is CCCN1CCC(Nc2c(Cl)cnc3[nH]c(-c4ccc(OCC(=O)NC)cc4)nc23)C1. The van der Waals surface area contributed by atoms with Gasteiger partial charge in [-0.15, -0.1) is 0 Å².